The minimum Gasteiger partial charge on any atom is -0.388 e. The molecular weight excluding hydrogens is 653 g/mol. The maximum atomic E-state index is 16.0. The number of aliphatic hydroxyl groups is 1. The van der Waals surface area contributed by atoms with E-state index in [2.05, 4.69) is 42.2 Å². The first kappa shape index (κ1) is 29.3. The number of thiol groups is 1. The van der Waals surface area contributed by atoms with Gasteiger partial charge in [0, 0.05) is 6.42 Å². The van der Waals surface area contributed by atoms with Crippen molar-refractivity contribution < 1.29 is 41.8 Å². The number of alkyl halides is 1. The van der Waals surface area contributed by atoms with Crippen LogP contribution in [0.3, 0.4) is 0 Å². The summed E-state index contributed by atoms with van der Waals surface area (Å²) in [5, 5.41) is 11.2. The molecule has 0 radical (unpaired) electrons. The largest absolute Gasteiger partial charge is 0.388 e. The van der Waals surface area contributed by atoms with Gasteiger partial charge in [-0.25, -0.2) is 38.9 Å². The van der Waals surface area contributed by atoms with Crippen molar-refractivity contribution in [1.82, 2.24) is 39.0 Å². The van der Waals surface area contributed by atoms with Crippen molar-refractivity contribution in [2.75, 3.05) is 18.1 Å². The number of nitrogens with zero attached hydrogens (tertiary/aromatic N) is 8. The predicted octanol–water partition coefficient (Wildman–Crippen LogP) is 0.812. The molecule has 3 aliphatic rings. The van der Waals surface area contributed by atoms with Gasteiger partial charge in [0.25, 0.3) is 0 Å². The van der Waals surface area contributed by atoms with E-state index in [0.29, 0.717) is 5.65 Å². The van der Waals surface area contributed by atoms with Crippen molar-refractivity contribution in [3.05, 3.63) is 25.3 Å². The summed E-state index contributed by atoms with van der Waals surface area (Å²) in [6, 6.07) is -0.822. The molecule has 2 unspecified atom stereocenters. The van der Waals surface area contributed by atoms with E-state index < -0.39 is 69.1 Å². The van der Waals surface area contributed by atoms with Gasteiger partial charge < -0.3 is 35.3 Å². The Hall–Kier alpha value is -2.42. The van der Waals surface area contributed by atoms with E-state index in [1.807, 2.05) is 0 Å². The molecule has 18 nitrogen and oxygen atoms in total. The summed E-state index contributed by atoms with van der Waals surface area (Å²) in [7, 11) is 0. The van der Waals surface area contributed by atoms with Crippen molar-refractivity contribution in [3.63, 3.8) is 0 Å². The maximum absolute atomic E-state index is 16.0. The Balaban J connectivity index is 1.21. The molecule has 1 saturated carbocycles. The lowest BCUT2D eigenvalue weighted by Gasteiger charge is -2.30. The number of rotatable bonds is 2. The van der Waals surface area contributed by atoms with E-state index >= 15 is 4.39 Å². The summed E-state index contributed by atoms with van der Waals surface area (Å²) in [4.78, 5) is 35.5. The molecule has 0 spiro atoms. The maximum Gasteiger partial charge on any atom is 0.386 e. The number of hydrogen-bond acceptors (Lipinski definition) is 16. The lowest BCUT2D eigenvalue weighted by atomic mass is 10.1. The molecule has 6 N–H and O–H groups in total. The number of aliphatic hydroxyl groups excluding tert-OH is 1. The molecule has 1 aliphatic carbocycles. The summed E-state index contributed by atoms with van der Waals surface area (Å²) in [6.07, 6.45) is -5.24. The molecule has 2 saturated heterocycles. The molecule has 4 aromatic heterocycles. The average Bonchev–Trinajstić information content (AvgIpc) is 3.70. The van der Waals surface area contributed by atoms with Gasteiger partial charge in [0.15, 0.2) is 35.3 Å². The number of ether oxygens (including phenoxy) is 1. The molecule has 0 amide bonds. The summed E-state index contributed by atoms with van der Waals surface area (Å²) in [6.45, 7) is -9.10. The summed E-state index contributed by atoms with van der Waals surface area (Å²) in [5.74, 6) is 0.188. The quantitative estimate of drug-likeness (QED) is 0.146. The van der Waals surface area contributed by atoms with E-state index in [9.17, 15) is 14.6 Å². The summed E-state index contributed by atoms with van der Waals surface area (Å²) >= 11 is 9.35. The van der Waals surface area contributed by atoms with Crippen molar-refractivity contribution in [2.45, 2.75) is 55.4 Å². The second-order valence-corrected chi connectivity index (χ2v) is 15.6. The first-order valence-electron chi connectivity index (χ1n) is 12.6. The number of anilines is 2. The third kappa shape index (κ3) is 5.11. The van der Waals surface area contributed by atoms with Crippen LogP contribution in [0.5, 0.6) is 0 Å². The number of halogens is 1. The van der Waals surface area contributed by atoms with E-state index in [-0.39, 0.29) is 34.7 Å². The van der Waals surface area contributed by atoms with Gasteiger partial charge in [0.2, 0.25) is 0 Å². The molecule has 3 fully saturated rings. The summed E-state index contributed by atoms with van der Waals surface area (Å²) < 4.78 is 60.8. The van der Waals surface area contributed by atoms with Gasteiger partial charge in [0.1, 0.15) is 48.1 Å². The normalized spacial score (nSPS) is 38.6. The SMILES string of the molecule is Nc1ncnc2c1ncn2[C@@H]1C[C@@H]2OP(O)(=S)O[C@H]3[C@@H](F)[C@H](n4cnc5c(N)ncnc54)O[C@@H]3COP(=O)(S)O[C@@H]1[C@@H]2O. The first-order chi connectivity index (χ1) is 20.4. The Bertz CT molecular complexity index is 1820. The molecule has 7 rings (SSSR count). The van der Waals surface area contributed by atoms with Crippen molar-refractivity contribution in [3.8, 4) is 0 Å². The minimum atomic E-state index is -4.27. The van der Waals surface area contributed by atoms with Crippen LogP contribution in [-0.2, 0) is 39.2 Å². The van der Waals surface area contributed by atoms with Crippen LogP contribution < -0.4 is 11.5 Å². The van der Waals surface area contributed by atoms with Gasteiger partial charge in [-0.3, -0.25) is 18.1 Å². The lowest BCUT2D eigenvalue weighted by Crippen LogP contribution is -2.37. The number of hydrogen-bond donors (Lipinski definition) is 5. The highest BCUT2D eigenvalue weighted by molar-refractivity contribution is 8.44. The van der Waals surface area contributed by atoms with Crippen LogP contribution in [0.1, 0.15) is 18.7 Å². The van der Waals surface area contributed by atoms with Gasteiger partial charge in [-0.2, -0.15) is 0 Å². The Kier molecular flexibility index (Phi) is 7.22. The molecule has 6 heterocycles. The molecule has 43 heavy (non-hydrogen) atoms. The fraction of sp³-hybridized carbons (Fsp3) is 0.500. The van der Waals surface area contributed by atoms with Gasteiger partial charge >= 0.3 is 13.5 Å². The van der Waals surface area contributed by atoms with Crippen LogP contribution in [0.2, 0.25) is 0 Å². The number of nitrogens with two attached hydrogens (primary N) is 2. The van der Waals surface area contributed by atoms with Crippen LogP contribution in [-0.4, -0.2) is 92.3 Å². The zero-order valence-corrected chi connectivity index (χ0v) is 25.0. The third-order valence-corrected chi connectivity index (χ3v) is 10.6. The fourth-order valence-electron chi connectivity index (χ4n) is 5.51. The smallest absolute Gasteiger partial charge is 0.386 e. The van der Waals surface area contributed by atoms with Gasteiger partial charge in [-0.1, -0.05) is 12.2 Å². The van der Waals surface area contributed by atoms with Crippen molar-refractivity contribution >= 4 is 71.5 Å². The van der Waals surface area contributed by atoms with Crippen LogP contribution in [0, 0.1) is 0 Å². The lowest BCUT2D eigenvalue weighted by molar-refractivity contribution is -0.0539. The Morgan fingerprint density at radius 3 is 2.26 bits per heavy atom. The van der Waals surface area contributed by atoms with Crippen LogP contribution in [0.25, 0.3) is 22.3 Å². The van der Waals surface area contributed by atoms with Crippen molar-refractivity contribution in [1.29, 1.82) is 0 Å². The summed E-state index contributed by atoms with van der Waals surface area (Å²) in [5.41, 5.74) is 12.7. The van der Waals surface area contributed by atoms with E-state index in [1.54, 1.807) is 0 Å². The average molecular weight is 677 g/mol. The molecule has 2 bridgehead atoms. The number of imidazole rings is 2. The topological polar surface area (TPSA) is 243 Å². The van der Waals surface area contributed by atoms with Gasteiger partial charge in [0.05, 0.1) is 31.4 Å². The highest BCUT2D eigenvalue weighted by Gasteiger charge is 2.54. The number of nitrogen functional groups attached to an aromatic ring is 2. The van der Waals surface area contributed by atoms with Gasteiger partial charge in [-0.15, -0.1) is 0 Å². The number of aromatic nitrogens is 8. The molecule has 230 valence electrons. The molecule has 10 atom stereocenters. The number of fused-ring (bicyclic) bond motifs is 5. The third-order valence-electron chi connectivity index (χ3n) is 7.42. The fourth-order valence-corrected chi connectivity index (χ4v) is 8.80. The minimum absolute atomic E-state index is 0.0499. The van der Waals surface area contributed by atoms with Crippen LogP contribution in [0.4, 0.5) is 16.0 Å². The predicted molar refractivity (Wildman–Crippen MR) is 152 cm³/mol. The Morgan fingerprint density at radius 1 is 0.953 bits per heavy atom. The first-order valence-corrected chi connectivity index (χ1v) is 17.9. The van der Waals surface area contributed by atoms with Crippen LogP contribution in [0.15, 0.2) is 25.3 Å². The standard InChI is InChI=1S/C20H23FN10O8P2S2/c21-10-15-9(36-20(10)31-6-29-12-17(23)25-4-27-19(12)31)2-35-40(33,42)38-14-7(1-8(13(14)32)37-41(34,43)39-15)30-5-28-11-16(22)24-3-26-18(11)30/h3-10,13-15,20,32H,1-2H2,(H,33,42)(H,34,43)(H2,22,24,26)(H2,23,25,27)/t7-,8+,9-,10-,13-,14+,15-,20-,40?,41?/m1/s1. The van der Waals surface area contributed by atoms with E-state index in [1.165, 1.54) is 34.4 Å². The molecule has 23 heteroatoms. The van der Waals surface area contributed by atoms with Crippen molar-refractivity contribution in [2.24, 2.45) is 0 Å². The highest BCUT2D eigenvalue weighted by Crippen LogP contribution is 2.60. The molecule has 4 aromatic rings. The monoisotopic (exact) mass is 676 g/mol. The highest BCUT2D eigenvalue weighted by atomic mass is 32.7. The zero-order chi connectivity index (χ0) is 30.3. The second kappa shape index (κ2) is 10.6. The zero-order valence-electron chi connectivity index (χ0n) is 21.5. The Labute approximate surface area is 250 Å². The van der Waals surface area contributed by atoms with E-state index in [0.717, 1.165) is 0 Å². The Morgan fingerprint density at radius 2 is 1.58 bits per heavy atom. The molecular formula is C20H23FN10O8P2S2. The second-order valence-electron chi connectivity index (χ2n) is 9.99. The molecule has 0 aromatic carbocycles. The van der Waals surface area contributed by atoms with Gasteiger partial charge in [-0.05, 0) is 11.8 Å². The molecule has 2 aliphatic heterocycles. The van der Waals surface area contributed by atoms with E-state index in [4.69, 9.17) is 46.1 Å². The van der Waals surface area contributed by atoms with Crippen LogP contribution >= 0.6 is 25.8 Å².